The van der Waals surface area contributed by atoms with Gasteiger partial charge in [0.25, 0.3) is 0 Å². The zero-order valence-corrected chi connectivity index (χ0v) is 22.7. The van der Waals surface area contributed by atoms with Crippen LogP contribution in [0.3, 0.4) is 0 Å². The van der Waals surface area contributed by atoms with E-state index in [0.29, 0.717) is 6.42 Å². The second kappa shape index (κ2) is 21.3. The van der Waals surface area contributed by atoms with Gasteiger partial charge in [-0.05, 0) is 31.9 Å². The van der Waals surface area contributed by atoms with Crippen molar-refractivity contribution in [2.75, 3.05) is 12.4 Å². The van der Waals surface area contributed by atoms with E-state index in [0.717, 1.165) is 37.9 Å². The Morgan fingerprint density at radius 3 is 1.91 bits per heavy atom. The molecule has 0 aromatic rings. The largest absolute Gasteiger partial charge is 0.534 e. The minimum Gasteiger partial charge on any atom is -0.449 e. The van der Waals surface area contributed by atoms with Gasteiger partial charge in [-0.3, -0.25) is 9.05 Å². The summed E-state index contributed by atoms with van der Waals surface area (Å²) in [7, 11) is -4.12. The molecule has 192 valence electrons. The van der Waals surface area contributed by atoms with Crippen molar-refractivity contribution in [2.24, 2.45) is 0 Å². The highest BCUT2D eigenvalue weighted by Gasteiger charge is 2.35. The summed E-state index contributed by atoms with van der Waals surface area (Å²) >= 11 is 1.84. The zero-order chi connectivity index (χ0) is 24.1. The Morgan fingerprint density at radius 1 is 0.844 bits per heavy atom. The predicted octanol–water partition coefficient (Wildman–Crippen LogP) is 9.22. The van der Waals surface area contributed by atoms with Crippen LogP contribution < -0.4 is 0 Å². The van der Waals surface area contributed by atoms with Gasteiger partial charge in [0.1, 0.15) is 0 Å². The molecule has 8 heteroatoms. The first-order valence-electron chi connectivity index (χ1n) is 12.9. The molecule has 0 aliphatic heterocycles. The number of phosphoric acid groups is 1. The fraction of sp³-hybridized carbons (Fsp3) is 0.958. The number of carbonyl (C=O) groups is 1. The molecule has 0 saturated carbocycles. The molecule has 32 heavy (non-hydrogen) atoms. The quantitative estimate of drug-likeness (QED) is 0.111. The lowest BCUT2D eigenvalue weighted by Crippen LogP contribution is -2.24. The van der Waals surface area contributed by atoms with E-state index in [1.54, 1.807) is 0 Å². The van der Waals surface area contributed by atoms with Gasteiger partial charge in [0.2, 0.25) is 0 Å². The van der Waals surface area contributed by atoms with Crippen LogP contribution in [-0.2, 0) is 18.1 Å². The molecule has 0 rings (SSSR count). The standard InChI is InChI=1S/C24H49O6PS/c1-5-8-10-11-12-13-14-15-16-18-21-32-23(19-17-9-6-2)22(4)29-31(27,28-20-7-3)30-24(25)26/h22-23H,5-21H2,1-4H3,(H,25,26). The molecule has 0 aliphatic rings. The second-order valence-corrected chi connectivity index (χ2v) is 11.4. The molecule has 0 heterocycles. The first-order chi connectivity index (χ1) is 15.4. The van der Waals surface area contributed by atoms with E-state index in [4.69, 9.17) is 14.2 Å². The molecule has 0 aromatic carbocycles. The van der Waals surface area contributed by atoms with Crippen molar-refractivity contribution in [3.8, 4) is 0 Å². The van der Waals surface area contributed by atoms with Crippen LogP contribution in [0.4, 0.5) is 4.79 Å². The fourth-order valence-corrected chi connectivity index (χ4v) is 6.25. The molecule has 0 fully saturated rings. The normalized spacial score (nSPS) is 15.2. The van der Waals surface area contributed by atoms with E-state index in [-0.39, 0.29) is 11.9 Å². The maximum Gasteiger partial charge on any atom is 0.534 e. The third-order valence-electron chi connectivity index (χ3n) is 5.38. The number of phosphoric ester groups is 1. The lowest BCUT2D eigenvalue weighted by molar-refractivity contribution is 0.0764. The molecule has 1 N–H and O–H groups in total. The van der Waals surface area contributed by atoms with Crippen LogP contribution >= 0.6 is 19.6 Å². The van der Waals surface area contributed by atoms with Crippen LogP contribution in [0.1, 0.15) is 124 Å². The SMILES string of the molecule is CCCCCCCCCCCCSC(CCCCC)C(C)OP(=O)(OCCC)OC(=O)O. The fourth-order valence-electron chi connectivity index (χ4n) is 3.52. The van der Waals surface area contributed by atoms with Crippen molar-refractivity contribution in [2.45, 2.75) is 135 Å². The topological polar surface area (TPSA) is 82.1 Å². The van der Waals surface area contributed by atoms with Crippen molar-refractivity contribution in [3.63, 3.8) is 0 Å². The first kappa shape index (κ1) is 31.8. The summed E-state index contributed by atoms with van der Waals surface area (Å²) in [5, 5.41) is 9.06. The van der Waals surface area contributed by atoms with Gasteiger partial charge in [0, 0.05) is 5.25 Å². The summed E-state index contributed by atoms with van der Waals surface area (Å²) in [4.78, 5) is 11.0. The lowest BCUT2D eigenvalue weighted by atomic mass is 10.1. The lowest BCUT2D eigenvalue weighted by Gasteiger charge is -2.26. The molecule has 0 aliphatic carbocycles. The van der Waals surface area contributed by atoms with Gasteiger partial charge in [-0.1, -0.05) is 97.8 Å². The number of unbranched alkanes of at least 4 members (excludes halogenated alkanes) is 11. The Balaban J connectivity index is 4.41. The molecule has 6 nitrogen and oxygen atoms in total. The van der Waals surface area contributed by atoms with Gasteiger partial charge < -0.3 is 9.63 Å². The summed E-state index contributed by atoms with van der Waals surface area (Å²) in [5.41, 5.74) is 0. The van der Waals surface area contributed by atoms with E-state index in [1.807, 2.05) is 25.6 Å². The van der Waals surface area contributed by atoms with Gasteiger partial charge in [0.15, 0.2) is 0 Å². The maximum absolute atomic E-state index is 12.7. The van der Waals surface area contributed by atoms with Gasteiger partial charge in [0.05, 0.1) is 12.7 Å². The highest BCUT2D eigenvalue weighted by atomic mass is 32.2. The van der Waals surface area contributed by atoms with Crippen LogP contribution in [0.15, 0.2) is 0 Å². The number of hydrogen-bond acceptors (Lipinski definition) is 6. The summed E-state index contributed by atoms with van der Waals surface area (Å²) in [6, 6.07) is 0. The Kier molecular flexibility index (Phi) is 21.2. The zero-order valence-electron chi connectivity index (χ0n) is 21.0. The number of hydrogen-bond donors (Lipinski definition) is 1. The predicted molar refractivity (Wildman–Crippen MR) is 136 cm³/mol. The second-order valence-electron chi connectivity index (χ2n) is 8.54. The molecule has 0 bridgehead atoms. The van der Waals surface area contributed by atoms with Crippen molar-refractivity contribution >= 4 is 25.7 Å². The van der Waals surface area contributed by atoms with Gasteiger partial charge in [-0.25, -0.2) is 9.36 Å². The summed E-state index contributed by atoms with van der Waals surface area (Å²) < 4.78 is 28.0. The molecule has 0 spiro atoms. The van der Waals surface area contributed by atoms with Gasteiger partial charge in [-0.2, -0.15) is 11.8 Å². The minimum atomic E-state index is -4.12. The molecular formula is C24H49O6PS. The van der Waals surface area contributed by atoms with E-state index in [2.05, 4.69) is 18.4 Å². The Hall–Kier alpha value is -0.230. The Morgan fingerprint density at radius 2 is 1.38 bits per heavy atom. The van der Waals surface area contributed by atoms with Crippen molar-refractivity contribution < 1.29 is 28.0 Å². The van der Waals surface area contributed by atoms with Crippen molar-refractivity contribution in [1.29, 1.82) is 0 Å². The van der Waals surface area contributed by atoms with Gasteiger partial charge >= 0.3 is 14.0 Å². The van der Waals surface area contributed by atoms with E-state index in [9.17, 15) is 9.36 Å². The van der Waals surface area contributed by atoms with E-state index < -0.39 is 20.1 Å². The smallest absolute Gasteiger partial charge is 0.449 e. The van der Waals surface area contributed by atoms with Crippen LogP contribution in [0.5, 0.6) is 0 Å². The number of rotatable bonds is 23. The van der Waals surface area contributed by atoms with Crippen LogP contribution in [0, 0.1) is 0 Å². The molecule has 0 saturated heterocycles. The third kappa shape index (κ3) is 18.2. The average Bonchev–Trinajstić information content (AvgIpc) is 2.74. The van der Waals surface area contributed by atoms with Crippen LogP contribution in [-0.4, -0.2) is 35.0 Å². The summed E-state index contributed by atoms with van der Waals surface area (Å²) in [5.74, 6) is 1.03. The minimum absolute atomic E-state index is 0.128. The molecule has 0 aromatic heterocycles. The highest BCUT2D eigenvalue weighted by molar-refractivity contribution is 7.99. The molecule has 0 radical (unpaired) electrons. The first-order valence-corrected chi connectivity index (χ1v) is 15.4. The number of carboxylic acid groups (broad SMARTS) is 1. The van der Waals surface area contributed by atoms with Gasteiger partial charge in [-0.15, -0.1) is 0 Å². The Labute approximate surface area is 201 Å². The summed E-state index contributed by atoms with van der Waals surface area (Å²) in [6.45, 7) is 8.24. The molecule has 0 amide bonds. The molecular weight excluding hydrogens is 447 g/mol. The molecule has 3 atom stereocenters. The summed E-state index contributed by atoms with van der Waals surface area (Å²) in [6.07, 6.45) is 15.9. The highest BCUT2D eigenvalue weighted by Crippen LogP contribution is 2.52. The Bertz CT molecular complexity index is 491. The number of thioether (sulfide) groups is 1. The van der Waals surface area contributed by atoms with Crippen molar-refractivity contribution in [3.05, 3.63) is 0 Å². The van der Waals surface area contributed by atoms with Crippen LogP contribution in [0.25, 0.3) is 0 Å². The monoisotopic (exact) mass is 496 g/mol. The third-order valence-corrected chi connectivity index (χ3v) is 8.43. The maximum atomic E-state index is 12.7. The van der Waals surface area contributed by atoms with Crippen LogP contribution in [0.2, 0.25) is 0 Å². The average molecular weight is 497 g/mol. The van der Waals surface area contributed by atoms with Crippen molar-refractivity contribution in [1.82, 2.24) is 0 Å². The van der Waals surface area contributed by atoms with E-state index in [1.165, 1.54) is 57.8 Å². The van der Waals surface area contributed by atoms with E-state index >= 15 is 0 Å². The molecule has 3 unspecified atom stereocenters.